The summed E-state index contributed by atoms with van der Waals surface area (Å²) in [6.45, 7) is 8.56. The molecule has 3 heterocycles. The summed E-state index contributed by atoms with van der Waals surface area (Å²) < 4.78 is 0. The van der Waals surface area contributed by atoms with Gasteiger partial charge in [-0.05, 0) is 19.5 Å². The van der Waals surface area contributed by atoms with E-state index in [1.807, 2.05) is 0 Å². The van der Waals surface area contributed by atoms with Crippen LogP contribution in [0.1, 0.15) is 20.3 Å². The second-order valence-electron chi connectivity index (χ2n) is 5.12. The number of fused-ring (bicyclic) bond motifs is 1. The van der Waals surface area contributed by atoms with Crippen LogP contribution in [0.15, 0.2) is 6.33 Å². The van der Waals surface area contributed by atoms with Crippen LogP contribution >= 0.6 is 0 Å². The minimum atomic E-state index is 0.283. The number of anilines is 2. The molecular formula is C13H21N7. The van der Waals surface area contributed by atoms with Gasteiger partial charge in [0.1, 0.15) is 5.52 Å². The van der Waals surface area contributed by atoms with E-state index in [9.17, 15) is 0 Å². The molecule has 2 aromatic heterocycles. The van der Waals surface area contributed by atoms with Crippen molar-refractivity contribution in [3.05, 3.63) is 6.33 Å². The van der Waals surface area contributed by atoms with Gasteiger partial charge in [0.15, 0.2) is 11.5 Å². The van der Waals surface area contributed by atoms with E-state index in [1.165, 1.54) is 0 Å². The second-order valence-corrected chi connectivity index (χ2v) is 5.12. The van der Waals surface area contributed by atoms with E-state index in [-0.39, 0.29) is 5.95 Å². The van der Waals surface area contributed by atoms with E-state index < -0.39 is 0 Å². The third-order valence-electron chi connectivity index (χ3n) is 4.08. The zero-order chi connectivity index (χ0) is 14.1. The molecular weight excluding hydrogens is 254 g/mol. The molecule has 0 spiro atoms. The molecule has 1 unspecified atom stereocenters. The Hall–Kier alpha value is -1.89. The Labute approximate surface area is 118 Å². The summed E-state index contributed by atoms with van der Waals surface area (Å²) in [5.41, 5.74) is 7.30. The third kappa shape index (κ3) is 2.18. The molecule has 7 heteroatoms. The highest BCUT2D eigenvalue weighted by Gasteiger charge is 2.28. The van der Waals surface area contributed by atoms with Gasteiger partial charge < -0.3 is 15.6 Å². The maximum absolute atomic E-state index is 5.79. The Bertz CT molecular complexity index is 589. The molecule has 1 fully saturated rings. The Morgan fingerprint density at radius 2 is 2.20 bits per heavy atom. The second kappa shape index (κ2) is 5.24. The monoisotopic (exact) mass is 275 g/mol. The van der Waals surface area contributed by atoms with Crippen LogP contribution in [-0.4, -0.2) is 57.1 Å². The Balaban J connectivity index is 1.87. The molecule has 7 nitrogen and oxygen atoms in total. The van der Waals surface area contributed by atoms with Gasteiger partial charge in [0.25, 0.3) is 0 Å². The molecule has 0 bridgehead atoms. The Morgan fingerprint density at radius 1 is 1.40 bits per heavy atom. The molecule has 0 aromatic carbocycles. The first kappa shape index (κ1) is 13.1. The molecule has 2 aromatic rings. The molecule has 0 radical (unpaired) electrons. The SMILES string of the molecule is CCN(CC)C1CCN(c2nc(N)nc3nc[nH]c23)C1. The molecule has 0 saturated carbocycles. The third-order valence-corrected chi connectivity index (χ3v) is 4.08. The molecule has 108 valence electrons. The van der Waals surface area contributed by atoms with Gasteiger partial charge in [0, 0.05) is 19.1 Å². The molecule has 0 amide bonds. The van der Waals surface area contributed by atoms with E-state index >= 15 is 0 Å². The fourth-order valence-corrected chi connectivity index (χ4v) is 3.04. The van der Waals surface area contributed by atoms with E-state index in [4.69, 9.17) is 5.73 Å². The van der Waals surface area contributed by atoms with E-state index in [2.05, 4.69) is 43.6 Å². The predicted octanol–water partition coefficient (Wildman–Crippen LogP) is 0.856. The standard InChI is InChI=1S/C13H21N7/c1-3-19(4-2)9-5-6-20(7-9)12-10-11(16-8-15-10)17-13(14)18-12/h8-9H,3-7H2,1-2H3,(H3,14,15,16,17,18). The summed E-state index contributed by atoms with van der Waals surface area (Å²) in [5, 5.41) is 0. The highest BCUT2D eigenvalue weighted by atomic mass is 15.3. The van der Waals surface area contributed by atoms with Gasteiger partial charge in [-0.1, -0.05) is 13.8 Å². The van der Waals surface area contributed by atoms with Crippen molar-refractivity contribution in [2.24, 2.45) is 0 Å². The van der Waals surface area contributed by atoms with E-state index in [0.717, 1.165) is 43.9 Å². The molecule has 0 aliphatic carbocycles. The van der Waals surface area contributed by atoms with Gasteiger partial charge >= 0.3 is 0 Å². The van der Waals surface area contributed by atoms with Crippen molar-refractivity contribution in [1.82, 2.24) is 24.8 Å². The number of hydrogen-bond acceptors (Lipinski definition) is 6. The number of rotatable bonds is 4. The fourth-order valence-electron chi connectivity index (χ4n) is 3.04. The van der Waals surface area contributed by atoms with Crippen molar-refractivity contribution in [2.45, 2.75) is 26.3 Å². The maximum Gasteiger partial charge on any atom is 0.224 e. The quantitative estimate of drug-likeness (QED) is 0.860. The summed E-state index contributed by atoms with van der Waals surface area (Å²) >= 11 is 0. The van der Waals surface area contributed by atoms with Crippen LogP contribution < -0.4 is 10.6 Å². The summed E-state index contributed by atoms with van der Waals surface area (Å²) in [5.74, 6) is 1.16. The number of nitrogens with one attached hydrogen (secondary N) is 1. The number of hydrogen-bond donors (Lipinski definition) is 2. The van der Waals surface area contributed by atoms with Gasteiger partial charge in [0.05, 0.1) is 6.33 Å². The van der Waals surface area contributed by atoms with Gasteiger partial charge in [0.2, 0.25) is 5.95 Å². The number of H-pyrrole nitrogens is 1. The van der Waals surface area contributed by atoms with Crippen LogP contribution in [0.4, 0.5) is 11.8 Å². The maximum atomic E-state index is 5.79. The molecule has 1 aliphatic rings. The summed E-state index contributed by atoms with van der Waals surface area (Å²) in [6, 6.07) is 0.583. The van der Waals surface area contributed by atoms with Crippen LogP contribution in [0.2, 0.25) is 0 Å². The van der Waals surface area contributed by atoms with Gasteiger partial charge in [-0.25, -0.2) is 4.98 Å². The molecule has 1 atom stereocenters. The zero-order valence-corrected chi connectivity index (χ0v) is 12.0. The van der Waals surface area contributed by atoms with Crippen molar-refractivity contribution < 1.29 is 0 Å². The van der Waals surface area contributed by atoms with Gasteiger partial charge in [-0.2, -0.15) is 9.97 Å². The zero-order valence-electron chi connectivity index (χ0n) is 12.0. The van der Waals surface area contributed by atoms with Gasteiger partial charge in [-0.15, -0.1) is 0 Å². The lowest BCUT2D eigenvalue weighted by Gasteiger charge is -2.26. The van der Waals surface area contributed by atoms with Crippen LogP contribution in [0.3, 0.4) is 0 Å². The van der Waals surface area contributed by atoms with Crippen molar-refractivity contribution in [3.8, 4) is 0 Å². The van der Waals surface area contributed by atoms with Crippen molar-refractivity contribution in [3.63, 3.8) is 0 Å². The van der Waals surface area contributed by atoms with Crippen LogP contribution in [0, 0.1) is 0 Å². The largest absolute Gasteiger partial charge is 0.368 e. The van der Waals surface area contributed by atoms with Crippen LogP contribution in [0.5, 0.6) is 0 Å². The lowest BCUT2D eigenvalue weighted by Crippen LogP contribution is -2.37. The van der Waals surface area contributed by atoms with E-state index in [0.29, 0.717) is 11.7 Å². The number of nitrogens with zero attached hydrogens (tertiary/aromatic N) is 5. The molecule has 20 heavy (non-hydrogen) atoms. The first-order valence-electron chi connectivity index (χ1n) is 7.18. The average molecular weight is 275 g/mol. The number of aromatic amines is 1. The predicted molar refractivity (Wildman–Crippen MR) is 79.6 cm³/mol. The minimum Gasteiger partial charge on any atom is -0.368 e. The highest BCUT2D eigenvalue weighted by molar-refractivity contribution is 5.84. The smallest absolute Gasteiger partial charge is 0.224 e. The molecule has 3 N–H and O–H groups in total. The summed E-state index contributed by atoms with van der Waals surface area (Å²) in [7, 11) is 0. The first-order valence-corrected chi connectivity index (χ1v) is 7.18. The van der Waals surface area contributed by atoms with E-state index in [1.54, 1.807) is 6.33 Å². The number of likely N-dealkylation sites (N-methyl/N-ethyl adjacent to an activating group) is 1. The average Bonchev–Trinajstić information content (AvgIpc) is 3.08. The van der Waals surface area contributed by atoms with Crippen molar-refractivity contribution in [1.29, 1.82) is 0 Å². The van der Waals surface area contributed by atoms with Crippen molar-refractivity contribution in [2.75, 3.05) is 36.8 Å². The molecule has 1 aliphatic heterocycles. The number of imidazole rings is 1. The first-order chi connectivity index (χ1) is 9.72. The summed E-state index contributed by atoms with van der Waals surface area (Å²) in [6.07, 6.45) is 2.79. The number of aromatic nitrogens is 4. The lowest BCUT2D eigenvalue weighted by atomic mass is 10.2. The fraction of sp³-hybridized carbons (Fsp3) is 0.615. The van der Waals surface area contributed by atoms with Crippen LogP contribution in [-0.2, 0) is 0 Å². The Morgan fingerprint density at radius 3 is 2.95 bits per heavy atom. The van der Waals surface area contributed by atoms with Gasteiger partial charge in [-0.3, -0.25) is 4.90 Å². The number of nitrogen functional groups attached to an aromatic ring is 1. The molecule has 3 rings (SSSR count). The van der Waals surface area contributed by atoms with Crippen LogP contribution in [0.25, 0.3) is 11.2 Å². The Kier molecular flexibility index (Phi) is 3.43. The topological polar surface area (TPSA) is 87.0 Å². The normalized spacial score (nSPS) is 19.4. The lowest BCUT2D eigenvalue weighted by molar-refractivity contribution is 0.232. The highest BCUT2D eigenvalue weighted by Crippen LogP contribution is 2.26. The number of nitrogens with two attached hydrogens (primary N) is 1. The summed E-state index contributed by atoms with van der Waals surface area (Å²) in [4.78, 5) is 20.6. The molecule has 1 saturated heterocycles. The minimum absolute atomic E-state index is 0.283. The van der Waals surface area contributed by atoms with Crippen molar-refractivity contribution >= 4 is 22.9 Å².